The van der Waals surface area contributed by atoms with Gasteiger partial charge < -0.3 is 9.15 Å². The van der Waals surface area contributed by atoms with E-state index in [1.165, 1.54) is 24.3 Å². The van der Waals surface area contributed by atoms with Crippen LogP contribution < -0.4 is 15.1 Å². The van der Waals surface area contributed by atoms with E-state index in [-0.39, 0.29) is 22.1 Å². The molecule has 2 aromatic carbocycles. The topological polar surface area (TPSA) is 103 Å². The quantitative estimate of drug-likeness (QED) is 0.366. The summed E-state index contributed by atoms with van der Waals surface area (Å²) >= 11 is 0. The van der Waals surface area contributed by atoms with Crippen molar-refractivity contribution in [2.45, 2.75) is 38.6 Å². The standard InChI is InChI=1S/C22H23NO6S/c1-13(2)21(23-30(26,27)17-8-5-14(3)6-9-17)22(25)28-16-7-10-18-15(4)11-20(24)29-19(18)12-16/h5-13,21,23H,1-4H3/t21-/m0/s1. The number of esters is 1. The third-order valence-electron chi connectivity index (χ3n) is 4.68. The van der Waals surface area contributed by atoms with Crippen LogP contribution in [-0.2, 0) is 14.8 Å². The molecular formula is C22H23NO6S. The molecule has 0 amide bonds. The molecule has 0 unspecified atom stereocenters. The highest BCUT2D eigenvalue weighted by molar-refractivity contribution is 7.89. The summed E-state index contributed by atoms with van der Waals surface area (Å²) in [6.07, 6.45) is 0. The van der Waals surface area contributed by atoms with E-state index in [0.29, 0.717) is 0 Å². The number of ether oxygens (including phenoxy) is 1. The van der Waals surface area contributed by atoms with Gasteiger partial charge in [0.05, 0.1) is 4.90 Å². The fraction of sp³-hybridized carbons (Fsp3) is 0.273. The fourth-order valence-corrected chi connectivity index (χ4v) is 4.29. The number of carbonyl (C=O) groups is 1. The van der Waals surface area contributed by atoms with Crippen LogP contribution in [0.1, 0.15) is 25.0 Å². The molecule has 8 heteroatoms. The van der Waals surface area contributed by atoms with Crippen LogP contribution in [0.15, 0.2) is 62.6 Å². The van der Waals surface area contributed by atoms with Crippen LogP contribution in [0.3, 0.4) is 0 Å². The van der Waals surface area contributed by atoms with Gasteiger partial charge in [-0.15, -0.1) is 0 Å². The van der Waals surface area contributed by atoms with E-state index in [4.69, 9.17) is 9.15 Å². The molecule has 0 spiro atoms. The monoisotopic (exact) mass is 429 g/mol. The van der Waals surface area contributed by atoms with Crippen LogP contribution >= 0.6 is 0 Å². The van der Waals surface area contributed by atoms with Crippen molar-refractivity contribution in [1.29, 1.82) is 0 Å². The number of carbonyl (C=O) groups excluding carboxylic acids is 1. The van der Waals surface area contributed by atoms with Crippen molar-refractivity contribution < 1.29 is 22.4 Å². The number of benzene rings is 2. The van der Waals surface area contributed by atoms with Crippen molar-refractivity contribution in [2.24, 2.45) is 5.92 Å². The van der Waals surface area contributed by atoms with Crippen LogP contribution in [0.4, 0.5) is 0 Å². The largest absolute Gasteiger partial charge is 0.425 e. The highest BCUT2D eigenvalue weighted by atomic mass is 32.2. The van der Waals surface area contributed by atoms with Crippen molar-refractivity contribution in [3.05, 3.63) is 70.1 Å². The van der Waals surface area contributed by atoms with Gasteiger partial charge in [0, 0.05) is 17.5 Å². The molecule has 0 saturated carbocycles. The predicted molar refractivity (Wildman–Crippen MR) is 113 cm³/mol. The van der Waals surface area contributed by atoms with E-state index < -0.39 is 27.7 Å². The molecule has 158 valence electrons. The van der Waals surface area contributed by atoms with Crippen LogP contribution in [-0.4, -0.2) is 20.4 Å². The molecule has 3 aromatic rings. The number of hydrogen-bond acceptors (Lipinski definition) is 6. The molecule has 0 aliphatic carbocycles. The average molecular weight is 429 g/mol. The minimum atomic E-state index is -3.92. The van der Waals surface area contributed by atoms with Crippen molar-refractivity contribution in [3.63, 3.8) is 0 Å². The van der Waals surface area contributed by atoms with Crippen molar-refractivity contribution >= 4 is 27.0 Å². The first-order chi connectivity index (χ1) is 14.1. The van der Waals surface area contributed by atoms with Gasteiger partial charge in [-0.1, -0.05) is 31.5 Å². The number of sulfonamides is 1. The Kier molecular flexibility index (Phi) is 6.09. The molecule has 1 aromatic heterocycles. The summed E-state index contributed by atoms with van der Waals surface area (Å²) in [5.74, 6) is -0.963. The second-order valence-corrected chi connectivity index (χ2v) is 9.20. The number of aryl methyl sites for hydroxylation is 2. The molecule has 7 nitrogen and oxygen atoms in total. The van der Waals surface area contributed by atoms with Crippen LogP contribution in [0, 0.1) is 19.8 Å². The van der Waals surface area contributed by atoms with E-state index in [2.05, 4.69) is 4.72 Å². The zero-order valence-corrected chi connectivity index (χ0v) is 17.9. The van der Waals surface area contributed by atoms with Gasteiger partial charge in [0.1, 0.15) is 17.4 Å². The van der Waals surface area contributed by atoms with E-state index in [9.17, 15) is 18.0 Å². The summed E-state index contributed by atoms with van der Waals surface area (Å²) in [5.41, 5.74) is 1.44. The minimum Gasteiger partial charge on any atom is -0.425 e. The number of nitrogens with one attached hydrogen (secondary N) is 1. The maximum Gasteiger partial charge on any atom is 0.336 e. The van der Waals surface area contributed by atoms with Gasteiger partial charge in [-0.3, -0.25) is 0 Å². The second-order valence-electron chi connectivity index (χ2n) is 7.48. The van der Waals surface area contributed by atoms with Gasteiger partial charge in [-0.2, -0.15) is 4.72 Å². The normalized spacial score (nSPS) is 12.8. The Morgan fingerprint density at radius 1 is 1.03 bits per heavy atom. The first kappa shape index (κ1) is 21.7. The van der Waals surface area contributed by atoms with Crippen LogP contribution in [0.25, 0.3) is 11.0 Å². The molecule has 0 radical (unpaired) electrons. The Balaban J connectivity index is 1.84. The van der Waals surface area contributed by atoms with Crippen molar-refractivity contribution in [2.75, 3.05) is 0 Å². The lowest BCUT2D eigenvalue weighted by atomic mass is 10.1. The Morgan fingerprint density at radius 3 is 2.33 bits per heavy atom. The minimum absolute atomic E-state index is 0.0644. The molecule has 3 rings (SSSR count). The summed E-state index contributed by atoms with van der Waals surface area (Å²) in [6.45, 7) is 7.06. The number of rotatable bonds is 6. The Morgan fingerprint density at radius 2 is 1.70 bits per heavy atom. The van der Waals surface area contributed by atoms with Gasteiger partial charge in [0.2, 0.25) is 10.0 Å². The van der Waals surface area contributed by atoms with Crippen LogP contribution in [0.5, 0.6) is 5.75 Å². The maximum absolute atomic E-state index is 12.7. The smallest absolute Gasteiger partial charge is 0.336 e. The average Bonchev–Trinajstić information content (AvgIpc) is 2.65. The molecular weight excluding hydrogens is 406 g/mol. The zero-order chi connectivity index (χ0) is 22.1. The molecule has 0 fully saturated rings. The Labute approximate surface area is 174 Å². The molecule has 0 aliphatic heterocycles. The van der Waals surface area contributed by atoms with Gasteiger partial charge in [-0.25, -0.2) is 18.0 Å². The molecule has 1 heterocycles. The summed E-state index contributed by atoms with van der Waals surface area (Å²) in [6, 6.07) is 11.3. The van der Waals surface area contributed by atoms with E-state index in [0.717, 1.165) is 16.5 Å². The first-order valence-electron chi connectivity index (χ1n) is 9.42. The highest BCUT2D eigenvalue weighted by Crippen LogP contribution is 2.23. The van der Waals surface area contributed by atoms with Crippen molar-refractivity contribution in [1.82, 2.24) is 4.72 Å². The maximum atomic E-state index is 12.7. The SMILES string of the molecule is Cc1ccc(S(=O)(=O)N[C@H](C(=O)Oc2ccc3c(C)cc(=O)oc3c2)C(C)C)cc1. The highest BCUT2D eigenvalue weighted by Gasteiger charge is 2.30. The fourth-order valence-electron chi connectivity index (χ4n) is 2.96. The summed E-state index contributed by atoms with van der Waals surface area (Å²) in [4.78, 5) is 24.4. The molecule has 1 atom stereocenters. The zero-order valence-electron chi connectivity index (χ0n) is 17.1. The lowest BCUT2D eigenvalue weighted by Gasteiger charge is -2.21. The third-order valence-corrected chi connectivity index (χ3v) is 6.13. The lowest BCUT2D eigenvalue weighted by Crippen LogP contribution is -2.46. The molecule has 0 aliphatic rings. The summed E-state index contributed by atoms with van der Waals surface area (Å²) in [7, 11) is -3.92. The van der Waals surface area contributed by atoms with E-state index in [1.807, 2.05) is 6.92 Å². The van der Waals surface area contributed by atoms with Gasteiger partial charge in [0.15, 0.2) is 0 Å². The van der Waals surface area contributed by atoms with Crippen LogP contribution in [0.2, 0.25) is 0 Å². The number of fused-ring (bicyclic) bond motifs is 1. The summed E-state index contributed by atoms with van der Waals surface area (Å²) < 4.78 is 38.4. The summed E-state index contributed by atoms with van der Waals surface area (Å²) in [5, 5.41) is 0.717. The Hall–Kier alpha value is -2.97. The third kappa shape index (κ3) is 4.77. The van der Waals surface area contributed by atoms with E-state index in [1.54, 1.807) is 45.0 Å². The van der Waals surface area contributed by atoms with Gasteiger partial charge in [-0.05, 0) is 49.6 Å². The predicted octanol–water partition coefficient (Wildman–Crippen LogP) is 3.32. The van der Waals surface area contributed by atoms with Gasteiger partial charge in [0.25, 0.3) is 0 Å². The molecule has 0 saturated heterocycles. The van der Waals surface area contributed by atoms with E-state index >= 15 is 0 Å². The molecule has 1 N–H and O–H groups in total. The Bertz CT molecular complexity index is 1240. The second kappa shape index (κ2) is 8.41. The van der Waals surface area contributed by atoms with Crippen molar-refractivity contribution in [3.8, 4) is 5.75 Å². The van der Waals surface area contributed by atoms with Gasteiger partial charge >= 0.3 is 11.6 Å². The molecule has 30 heavy (non-hydrogen) atoms. The first-order valence-corrected chi connectivity index (χ1v) is 10.9. The lowest BCUT2D eigenvalue weighted by molar-refractivity contribution is -0.137. The number of hydrogen-bond donors (Lipinski definition) is 1. The molecule has 0 bridgehead atoms.